The molecule has 2 aromatic carbocycles. The number of aliphatic carboxylic acids is 1. The molecule has 1 aliphatic heterocycles. The Bertz CT molecular complexity index is 1270. The zero-order valence-corrected chi connectivity index (χ0v) is 20.8. The summed E-state index contributed by atoms with van der Waals surface area (Å²) in [7, 11) is 0. The van der Waals surface area contributed by atoms with Gasteiger partial charge in [0, 0.05) is 12.7 Å². The molecule has 9 heteroatoms. The summed E-state index contributed by atoms with van der Waals surface area (Å²) in [5, 5.41) is 17.3. The zero-order chi connectivity index (χ0) is 26.5. The third kappa shape index (κ3) is 6.00. The van der Waals surface area contributed by atoms with Gasteiger partial charge in [0.25, 0.3) is 11.8 Å². The van der Waals surface area contributed by atoms with E-state index in [1.165, 1.54) is 0 Å². The van der Waals surface area contributed by atoms with E-state index in [9.17, 15) is 24.3 Å². The third-order valence-electron chi connectivity index (χ3n) is 6.37. The lowest BCUT2D eigenvalue weighted by molar-refractivity contribution is -0.140. The number of nitrogens with one attached hydrogen (secondary N) is 2. The van der Waals surface area contributed by atoms with Gasteiger partial charge in [-0.2, -0.15) is 0 Å². The van der Waals surface area contributed by atoms with Gasteiger partial charge in [-0.15, -0.1) is 0 Å². The van der Waals surface area contributed by atoms with Gasteiger partial charge < -0.3 is 10.4 Å². The zero-order valence-electron chi connectivity index (χ0n) is 20.8. The standard InChI is InChI=1S/C28H30N4O5/c1-17(2)13-24(25(33)30-16-20-9-5-6-11-29-20)31-23(28(36)37)10-12-32-26(34)21-14-18-7-3-4-8-19(18)15-22(21)27(32)35/h3-9,11,14-15,17,23-24,31H,10,12-13,16H2,1-2H3,(H,30,33)(H,36,37). The number of nitrogens with zero attached hydrogens (tertiary/aromatic N) is 2. The number of carbonyl (C=O) groups excluding carboxylic acids is 3. The minimum absolute atomic E-state index is 0.0392. The predicted molar refractivity (Wildman–Crippen MR) is 138 cm³/mol. The molecule has 0 saturated carbocycles. The molecule has 0 fully saturated rings. The second-order valence-electron chi connectivity index (χ2n) is 9.57. The first-order valence-corrected chi connectivity index (χ1v) is 12.3. The number of amides is 3. The Hall–Kier alpha value is -4.11. The van der Waals surface area contributed by atoms with Crippen molar-refractivity contribution in [2.75, 3.05) is 6.54 Å². The largest absolute Gasteiger partial charge is 0.480 e. The number of hydrogen-bond acceptors (Lipinski definition) is 6. The van der Waals surface area contributed by atoms with E-state index in [4.69, 9.17) is 0 Å². The van der Waals surface area contributed by atoms with Gasteiger partial charge in [0.1, 0.15) is 6.04 Å². The number of carbonyl (C=O) groups is 4. The molecule has 0 radical (unpaired) electrons. The number of imide groups is 1. The molecule has 4 rings (SSSR count). The average molecular weight is 503 g/mol. The van der Waals surface area contributed by atoms with Crippen molar-refractivity contribution in [1.29, 1.82) is 0 Å². The smallest absolute Gasteiger partial charge is 0.320 e. The average Bonchev–Trinajstić information content (AvgIpc) is 3.11. The monoisotopic (exact) mass is 502 g/mol. The molecule has 0 saturated heterocycles. The first kappa shape index (κ1) is 26.0. The highest BCUT2D eigenvalue weighted by atomic mass is 16.4. The van der Waals surface area contributed by atoms with E-state index < -0.39 is 29.9 Å². The van der Waals surface area contributed by atoms with E-state index >= 15 is 0 Å². The van der Waals surface area contributed by atoms with Gasteiger partial charge in [-0.1, -0.05) is 44.2 Å². The topological polar surface area (TPSA) is 129 Å². The highest BCUT2D eigenvalue weighted by molar-refractivity contribution is 6.23. The van der Waals surface area contributed by atoms with E-state index in [1.807, 2.05) is 44.2 Å². The van der Waals surface area contributed by atoms with Crippen LogP contribution in [0.4, 0.5) is 0 Å². The van der Waals surface area contributed by atoms with E-state index in [0.29, 0.717) is 23.2 Å². The van der Waals surface area contributed by atoms with E-state index in [-0.39, 0.29) is 31.3 Å². The summed E-state index contributed by atoms with van der Waals surface area (Å²) in [6.45, 7) is 4.02. The number of aromatic nitrogens is 1. The maximum absolute atomic E-state index is 13.0. The summed E-state index contributed by atoms with van der Waals surface area (Å²) in [4.78, 5) is 56.3. The van der Waals surface area contributed by atoms with Crippen LogP contribution in [0.2, 0.25) is 0 Å². The van der Waals surface area contributed by atoms with Crippen LogP contribution in [0, 0.1) is 5.92 Å². The van der Waals surface area contributed by atoms with Crippen molar-refractivity contribution in [3.05, 3.63) is 77.6 Å². The van der Waals surface area contributed by atoms with Crippen molar-refractivity contribution < 1.29 is 24.3 Å². The van der Waals surface area contributed by atoms with Gasteiger partial charge in [-0.25, -0.2) is 0 Å². The second kappa shape index (κ2) is 11.3. The summed E-state index contributed by atoms with van der Waals surface area (Å²) in [6, 6.07) is 14.3. The Labute approximate surface area is 214 Å². The van der Waals surface area contributed by atoms with Crippen LogP contribution in [-0.4, -0.2) is 57.3 Å². The van der Waals surface area contributed by atoms with Crippen molar-refractivity contribution in [3.8, 4) is 0 Å². The van der Waals surface area contributed by atoms with Crippen molar-refractivity contribution in [1.82, 2.24) is 20.5 Å². The molecule has 3 amide bonds. The van der Waals surface area contributed by atoms with Gasteiger partial charge in [0.05, 0.1) is 29.4 Å². The normalized spacial score (nSPS) is 14.6. The van der Waals surface area contributed by atoms with Crippen LogP contribution in [0.1, 0.15) is 53.1 Å². The van der Waals surface area contributed by atoms with Crippen LogP contribution in [-0.2, 0) is 16.1 Å². The summed E-state index contributed by atoms with van der Waals surface area (Å²) < 4.78 is 0. The fraction of sp³-hybridized carbons (Fsp3) is 0.321. The minimum Gasteiger partial charge on any atom is -0.480 e. The predicted octanol–water partition coefficient (Wildman–Crippen LogP) is 2.99. The van der Waals surface area contributed by atoms with Gasteiger partial charge in [-0.05, 0) is 53.8 Å². The van der Waals surface area contributed by atoms with E-state index in [2.05, 4.69) is 15.6 Å². The Morgan fingerprint density at radius 1 is 0.946 bits per heavy atom. The highest BCUT2D eigenvalue weighted by Crippen LogP contribution is 2.28. The first-order valence-electron chi connectivity index (χ1n) is 12.3. The molecule has 2 atom stereocenters. The molecule has 9 nitrogen and oxygen atoms in total. The lowest BCUT2D eigenvalue weighted by Gasteiger charge is -2.25. The maximum Gasteiger partial charge on any atom is 0.320 e. The van der Waals surface area contributed by atoms with Crippen molar-refractivity contribution in [3.63, 3.8) is 0 Å². The number of rotatable bonds is 11. The molecular formula is C28H30N4O5. The molecule has 1 aliphatic rings. The van der Waals surface area contributed by atoms with Crippen molar-refractivity contribution in [2.24, 2.45) is 5.92 Å². The van der Waals surface area contributed by atoms with Gasteiger partial charge in [0.2, 0.25) is 5.91 Å². The molecule has 1 aromatic heterocycles. The fourth-order valence-electron chi connectivity index (χ4n) is 4.49. The first-order chi connectivity index (χ1) is 17.7. The maximum atomic E-state index is 13.0. The number of pyridine rings is 1. The highest BCUT2D eigenvalue weighted by Gasteiger charge is 2.37. The fourth-order valence-corrected chi connectivity index (χ4v) is 4.49. The van der Waals surface area contributed by atoms with Gasteiger partial charge in [0.15, 0.2) is 0 Å². The number of carboxylic acids is 1. The van der Waals surface area contributed by atoms with Crippen molar-refractivity contribution >= 4 is 34.5 Å². The van der Waals surface area contributed by atoms with Gasteiger partial charge >= 0.3 is 5.97 Å². The second-order valence-corrected chi connectivity index (χ2v) is 9.57. The Kier molecular flexibility index (Phi) is 7.93. The van der Waals surface area contributed by atoms with E-state index in [0.717, 1.165) is 15.7 Å². The SMILES string of the molecule is CC(C)CC(NC(CCN1C(=O)c2cc3ccccc3cc2C1=O)C(=O)O)C(=O)NCc1ccccn1. The van der Waals surface area contributed by atoms with Crippen molar-refractivity contribution in [2.45, 2.75) is 45.3 Å². The molecule has 192 valence electrons. The molecule has 2 heterocycles. The van der Waals surface area contributed by atoms with Crippen LogP contribution >= 0.6 is 0 Å². The number of hydrogen-bond donors (Lipinski definition) is 3. The Morgan fingerprint density at radius 2 is 1.57 bits per heavy atom. The molecule has 0 spiro atoms. The molecule has 3 N–H and O–H groups in total. The summed E-state index contributed by atoms with van der Waals surface area (Å²) in [5.41, 5.74) is 1.32. The number of carboxylic acid groups (broad SMARTS) is 1. The van der Waals surface area contributed by atoms with E-state index in [1.54, 1.807) is 30.5 Å². The summed E-state index contributed by atoms with van der Waals surface area (Å²) in [6.07, 6.45) is 2.01. The lowest BCUT2D eigenvalue weighted by atomic mass is 10.0. The van der Waals surface area contributed by atoms with Crippen LogP contribution in [0.15, 0.2) is 60.8 Å². The van der Waals surface area contributed by atoms with Crippen LogP contribution in [0.25, 0.3) is 10.8 Å². The summed E-state index contributed by atoms with van der Waals surface area (Å²) in [5.74, 6) is -2.26. The van der Waals surface area contributed by atoms with Gasteiger partial charge in [-0.3, -0.25) is 34.4 Å². The molecule has 2 unspecified atom stereocenters. The molecule has 0 aliphatic carbocycles. The number of benzene rings is 2. The lowest BCUT2D eigenvalue weighted by Crippen LogP contribution is -2.52. The summed E-state index contributed by atoms with van der Waals surface area (Å²) >= 11 is 0. The minimum atomic E-state index is -1.16. The van der Waals surface area contributed by atoms with Crippen LogP contribution < -0.4 is 10.6 Å². The van der Waals surface area contributed by atoms with Crippen LogP contribution in [0.5, 0.6) is 0 Å². The molecule has 37 heavy (non-hydrogen) atoms. The molecular weight excluding hydrogens is 472 g/mol. The Balaban J connectivity index is 1.43. The Morgan fingerprint density at radius 3 is 2.11 bits per heavy atom. The number of fused-ring (bicyclic) bond motifs is 2. The molecule has 3 aromatic rings. The molecule has 0 bridgehead atoms. The van der Waals surface area contributed by atoms with Crippen LogP contribution in [0.3, 0.4) is 0 Å². The quantitative estimate of drug-likeness (QED) is 0.344. The third-order valence-corrected chi connectivity index (χ3v) is 6.37.